The Labute approximate surface area is 78.7 Å². The molecule has 0 bridgehead atoms. The third kappa shape index (κ3) is 1.29. The lowest BCUT2D eigenvalue weighted by atomic mass is 10.2. The normalized spacial score (nSPS) is 10.8. The van der Waals surface area contributed by atoms with Crippen molar-refractivity contribution in [1.29, 1.82) is 0 Å². The number of nitrogen functional groups attached to an aromatic ring is 1. The van der Waals surface area contributed by atoms with Crippen LogP contribution in [0.5, 0.6) is 0 Å². The van der Waals surface area contributed by atoms with Crippen molar-refractivity contribution in [3.63, 3.8) is 0 Å². The van der Waals surface area contributed by atoms with Crippen molar-refractivity contribution in [2.45, 2.75) is 5.88 Å². The molecule has 1 heterocycles. The minimum absolute atomic E-state index is 0.256. The number of nitrogens with one attached hydrogen (secondary N) is 2. The van der Waals surface area contributed by atoms with E-state index in [4.69, 9.17) is 17.3 Å². The zero-order valence-electron chi connectivity index (χ0n) is 6.73. The third-order valence-electron chi connectivity index (χ3n) is 1.87. The Bertz CT molecular complexity index is 500. The van der Waals surface area contributed by atoms with Crippen molar-refractivity contribution < 1.29 is 0 Å². The maximum atomic E-state index is 10.9. The Morgan fingerprint density at radius 2 is 2.15 bits per heavy atom. The molecule has 0 saturated heterocycles. The van der Waals surface area contributed by atoms with Crippen LogP contribution in [0, 0.1) is 0 Å². The minimum Gasteiger partial charge on any atom is -0.397 e. The number of H-pyrrole nitrogens is 2. The number of nitrogens with two attached hydrogens (primary N) is 1. The summed E-state index contributed by atoms with van der Waals surface area (Å²) in [6.45, 7) is 0. The number of aromatic nitrogens is 2. The average Bonchev–Trinajstić information content (AvgIpc) is 2.46. The van der Waals surface area contributed by atoms with Crippen LogP contribution in [-0.2, 0) is 5.88 Å². The van der Waals surface area contributed by atoms with Crippen LogP contribution in [0.4, 0.5) is 5.69 Å². The molecule has 5 heteroatoms. The molecule has 0 aliphatic carbocycles. The summed E-state index contributed by atoms with van der Waals surface area (Å²) in [5, 5.41) is 0. The average molecular weight is 198 g/mol. The monoisotopic (exact) mass is 197 g/mol. The number of imidazole rings is 1. The number of aromatic amines is 2. The van der Waals surface area contributed by atoms with Crippen molar-refractivity contribution in [2.24, 2.45) is 0 Å². The van der Waals surface area contributed by atoms with Crippen molar-refractivity contribution in [1.82, 2.24) is 9.97 Å². The highest BCUT2D eigenvalue weighted by molar-refractivity contribution is 6.17. The Kier molecular flexibility index (Phi) is 1.77. The van der Waals surface area contributed by atoms with Crippen molar-refractivity contribution in [3.8, 4) is 0 Å². The van der Waals surface area contributed by atoms with Gasteiger partial charge in [-0.25, -0.2) is 4.79 Å². The number of benzene rings is 1. The second-order valence-electron chi connectivity index (χ2n) is 2.82. The number of anilines is 1. The van der Waals surface area contributed by atoms with Gasteiger partial charge >= 0.3 is 5.69 Å². The molecule has 2 aromatic rings. The van der Waals surface area contributed by atoms with E-state index >= 15 is 0 Å². The molecule has 13 heavy (non-hydrogen) atoms. The molecule has 1 aromatic heterocycles. The fraction of sp³-hybridized carbons (Fsp3) is 0.125. The van der Waals surface area contributed by atoms with Gasteiger partial charge in [0.2, 0.25) is 0 Å². The summed E-state index contributed by atoms with van der Waals surface area (Å²) in [5.41, 5.74) is 8.20. The predicted octanol–water partition coefficient (Wildman–Crippen LogP) is 1.18. The molecule has 0 fully saturated rings. The van der Waals surface area contributed by atoms with E-state index in [0.29, 0.717) is 22.6 Å². The maximum Gasteiger partial charge on any atom is 0.323 e. The van der Waals surface area contributed by atoms with Crippen LogP contribution in [-0.4, -0.2) is 9.97 Å². The van der Waals surface area contributed by atoms with E-state index in [9.17, 15) is 4.79 Å². The van der Waals surface area contributed by atoms with E-state index < -0.39 is 0 Å². The first-order valence-electron chi connectivity index (χ1n) is 3.77. The highest BCUT2D eigenvalue weighted by Crippen LogP contribution is 2.19. The summed E-state index contributed by atoms with van der Waals surface area (Å²) < 4.78 is 0. The molecule has 4 nitrogen and oxygen atoms in total. The van der Waals surface area contributed by atoms with Gasteiger partial charge in [0.25, 0.3) is 0 Å². The van der Waals surface area contributed by atoms with Gasteiger partial charge < -0.3 is 15.7 Å². The van der Waals surface area contributed by atoms with Gasteiger partial charge in [-0.3, -0.25) is 0 Å². The van der Waals surface area contributed by atoms with Crippen molar-refractivity contribution in [2.75, 3.05) is 5.73 Å². The Balaban J connectivity index is 2.83. The summed E-state index contributed by atoms with van der Waals surface area (Å²) in [7, 11) is 0. The number of halogens is 1. The smallest absolute Gasteiger partial charge is 0.323 e. The number of rotatable bonds is 1. The van der Waals surface area contributed by atoms with Gasteiger partial charge in [-0.1, -0.05) is 0 Å². The van der Waals surface area contributed by atoms with E-state index in [0.717, 1.165) is 5.56 Å². The molecule has 0 saturated carbocycles. The van der Waals surface area contributed by atoms with Gasteiger partial charge in [-0.15, -0.1) is 11.6 Å². The van der Waals surface area contributed by atoms with Gasteiger partial charge in [0.15, 0.2) is 0 Å². The van der Waals surface area contributed by atoms with Crippen molar-refractivity contribution in [3.05, 3.63) is 28.2 Å². The molecule has 0 aliphatic heterocycles. The molecule has 4 N–H and O–H groups in total. The first-order chi connectivity index (χ1) is 6.20. The summed E-state index contributed by atoms with van der Waals surface area (Å²) in [6, 6.07) is 3.55. The lowest BCUT2D eigenvalue weighted by Crippen LogP contribution is -1.99. The van der Waals surface area contributed by atoms with E-state index in [-0.39, 0.29) is 5.69 Å². The van der Waals surface area contributed by atoms with Gasteiger partial charge in [-0.2, -0.15) is 0 Å². The summed E-state index contributed by atoms with van der Waals surface area (Å²) in [5.74, 6) is 0.382. The molecule has 0 radical (unpaired) electrons. The first kappa shape index (κ1) is 8.19. The molecule has 0 amide bonds. The first-order valence-corrected chi connectivity index (χ1v) is 4.30. The summed E-state index contributed by atoms with van der Waals surface area (Å²) >= 11 is 5.65. The Morgan fingerprint density at radius 3 is 2.85 bits per heavy atom. The van der Waals surface area contributed by atoms with Crippen molar-refractivity contribution >= 4 is 28.3 Å². The zero-order valence-corrected chi connectivity index (χ0v) is 7.48. The third-order valence-corrected chi connectivity index (χ3v) is 2.18. The zero-order chi connectivity index (χ0) is 9.42. The van der Waals surface area contributed by atoms with E-state index in [1.165, 1.54) is 0 Å². The largest absolute Gasteiger partial charge is 0.397 e. The highest BCUT2D eigenvalue weighted by atomic mass is 35.5. The second kappa shape index (κ2) is 2.81. The molecule has 0 atom stereocenters. The lowest BCUT2D eigenvalue weighted by molar-refractivity contribution is 1.21. The predicted molar refractivity (Wildman–Crippen MR) is 52.9 cm³/mol. The standard InChI is InChI=1S/C8H8ClN3O/c9-3-4-1-5(10)7-6(2-4)11-8(13)12-7/h1-2H,3,10H2,(H2,11,12,13). The van der Waals surface area contributed by atoms with Crippen LogP contribution >= 0.6 is 11.6 Å². The molecule has 2 rings (SSSR count). The fourth-order valence-electron chi connectivity index (χ4n) is 1.31. The van der Waals surface area contributed by atoms with Crippen LogP contribution in [0.25, 0.3) is 11.0 Å². The highest BCUT2D eigenvalue weighted by Gasteiger charge is 2.03. The van der Waals surface area contributed by atoms with Crippen LogP contribution in [0.1, 0.15) is 5.56 Å². The number of hydrogen-bond acceptors (Lipinski definition) is 2. The van der Waals surface area contributed by atoms with E-state index in [1.807, 2.05) is 0 Å². The van der Waals surface area contributed by atoms with Gasteiger partial charge in [0.05, 0.1) is 16.7 Å². The van der Waals surface area contributed by atoms with Crippen LogP contribution in [0.3, 0.4) is 0 Å². The molecule has 1 aromatic carbocycles. The molecule has 0 aliphatic rings. The van der Waals surface area contributed by atoms with E-state index in [1.54, 1.807) is 12.1 Å². The molecule has 0 spiro atoms. The number of fused-ring (bicyclic) bond motifs is 1. The topological polar surface area (TPSA) is 74.7 Å². The van der Waals surface area contributed by atoms with Crippen LogP contribution in [0.15, 0.2) is 16.9 Å². The number of hydrogen-bond donors (Lipinski definition) is 3. The lowest BCUT2D eigenvalue weighted by Gasteiger charge is -1.98. The summed E-state index contributed by atoms with van der Waals surface area (Å²) in [4.78, 5) is 16.2. The Morgan fingerprint density at radius 1 is 1.38 bits per heavy atom. The van der Waals surface area contributed by atoms with Gasteiger partial charge in [0.1, 0.15) is 0 Å². The van der Waals surface area contributed by atoms with Crippen LogP contribution in [0.2, 0.25) is 0 Å². The van der Waals surface area contributed by atoms with Gasteiger partial charge in [0, 0.05) is 5.88 Å². The second-order valence-corrected chi connectivity index (χ2v) is 3.09. The number of alkyl halides is 1. The Hall–Kier alpha value is -1.42. The van der Waals surface area contributed by atoms with Crippen LogP contribution < -0.4 is 11.4 Å². The molecular formula is C8H8ClN3O. The molecule has 0 unspecified atom stereocenters. The molecule has 68 valence electrons. The fourth-order valence-corrected chi connectivity index (χ4v) is 1.46. The quantitative estimate of drug-likeness (QED) is 0.474. The minimum atomic E-state index is -0.256. The van der Waals surface area contributed by atoms with Gasteiger partial charge in [-0.05, 0) is 17.7 Å². The molecular weight excluding hydrogens is 190 g/mol. The SMILES string of the molecule is Nc1cc(CCl)cc2[nH]c(=O)[nH]c12. The van der Waals surface area contributed by atoms with E-state index in [2.05, 4.69) is 9.97 Å². The summed E-state index contributed by atoms with van der Waals surface area (Å²) in [6.07, 6.45) is 0. The maximum absolute atomic E-state index is 10.9.